The number of esters is 1. The molecule has 6 heteroatoms. The zero-order valence-electron chi connectivity index (χ0n) is 8.54. The summed E-state index contributed by atoms with van der Waals surface area (Å²) in [5.41, 5.74) is 0.886. The third kappa shape index (κ3) is 1.50. The van der Waals surface area contributed by atoms with Crippen LogP contribution in [0, 0.1) is 0 Å². The van der Waals surface area contributed by atoms with Crippen LogP contribution in [0.5, 0.6) is 0 Å². The van der Waals surface area contributed by atoms with Gasteiger partial charge in [-0.25, -0.2) is 14.8 Å². The number of ether oxygens (including phenoxy) is 1. The summed E-state index contributed by atoms with van der Waals surface area (Å²) in [4.78, 5) is 19.4. The molecule has 0 amide bonds. The van der Waals surface area contributed by atoms with Crippen LogP contribution < -0.4 is 0 Å². The molecule has 0 atom stereocenters. The number of imidazole rings is 1. The largest absolute Gasteiger partial charge is 0.506 e. The Hall–Kier alpha value is -2.37. The monoisotopic (exact) mass is 219 g/mol. The Bertz CT molecular complexity index is 574. The molecule has 0 spiro atoms. The molecule has 2 aromatic heterocycles. The van der Waals surface area contributed by atoms with Gasteiger partial charge in [-0.3, -0.25) is 4.40 Å². The molecule has 0 fully saturated rings. The molecule has 0 saturated carbocycles. The Morgan fingerprint density at radius 2 is 2.38 bits per heavy atom. The lowest BCUT2D eigenvalue weighted by molar-refractivity contribution is 0.0592. The summed E-state index contributed by atoms with van der Waals surface area (Å²) in [7, 11) is 1.28. The predicted molar refractivity (Wildman–Crippen MR) is 56.0 cm³/mol. The van der Waals surface area contributed by atoms with Crippen LogP contribution >= 0.6 is 0 Å². The molecule has 2 heterocycles. The number of aliphatic hydroxyl groups excluding tert-OH is 1. The molecule has 0 aromatic carbocycles. The Kier molecular flexibility index (Phi) is 2.32. The predicted octanol–water partition coefficient (Wildman–Crippen LogP) is 1.04. The standard InChI is InChI=1S/C10H9N3O3/c1-6(14)7-3-8(10(15)16-2)13-5-11-4-9(13)12-7/h3-5,14H,1H2,2H3. The molecule has 2 rings (SSSR count). The second kappa shape index (κ2) is 3.65. The van der Waals surface area contributed by atoms with Crippen LogP contribution in [0.3, 0.4) is 0 Å². The van der Waals surface area contributed by atoms with E-state index in [1.807, 2.05) is 0 Å². The van der Waals surface area contributed by atoms with E-state index in [4.69, 9.17) is 0 Å². The molecule has 16 heavy (non-hydrogen) atoms. The molecule has 0 aliphatic rings. The average molecular weight is 219 g/mol. The van der Waals surface area contributed by atoms with Crippen LogP contribution in [-0.4, -0.2) is 32.6 Å². The van der Waals surface area contributed by atoms with Crippen molar-refractivity contribution in [2.45, 2.75) is 0 Å². The van der Waals surface area contributed by atoms with E-state index in [0.29, 0.717) is 5.65 Å². The van der Waals surface area contributed by atoms with Gasteiger partial charge in [0.1, 0.15) is 23.5 Å². The third-order valence-electron chi connectivity index (χ3n) is 2.08. The quantitative estimate of drug-likeness (QED) is 0.603. The number of hydrogen-bond donors (Lipinski definition) is 1. The van der Waals surface area contributed by atoms with Gasteiger partial charge in [0.15, 0.2) is 5.65 Å². The highest BCUT2D eigenvalue weighted by molar-refractivity contribution is 5.89. The Balaban J connectivity index is 2.73. The van der Waals surface area contributed by atoms with Crippen LogP contribution in [0.2, 0.25) is 0 Å². The van der Waals surface area contributed by atoms with Crippen molar-refractivity contribution in [2.75, 3.05) is 7.11 Å². The number of rotatable bonds is 2. The molecule has 0 saturated heterocycles. The number of hydrogen-bond acceptors (Lipinski definition) is 5. The van der Waals surface area contributed by atoms with E-state index in [2.05, 4.69) is 21.3 Å². The first-order valence-corrected chi connectivity index (χ1v) is 4.43. The van der Waals surface area contributed by atoms with E-state index >= 15 is 0 Å². The fourth-order valence-electron chi connectivity index (χ4n) is 1.32. The van der Waals surface area contributed by atoms with Crippen LogP contribution in [0.4, 0.5) is 0 Å². The Labute approximate surface area is 90.8 Å². The summed E-state index contributed by atoms with van der Waals surface area (Å²) in [5, 5.41) is 9.26. The van der Waals surface area contributed by atoms with Crippen molar-refractivity contribution >= 4 is 17.4 Å². The maximum Gasteiger partial charge on any atom is 0.355 e. The van der Waals surface area contributed by atoms with Crippen LogP contribution in [0.25, 0.3) is 11.4 Å². The highest BCUT2D eigenvalue weighted by Crippen LogP contribution is 2.13. The van der Waals surface area contributed by atoms with Gasteiger partial charge in [-0.2, -0.15) is 0 Å². The minimum Gasteiger partial charge on any atom is -0.506 e. The molecule has 0 aliphatic heterocycles. The van der Waals surface area contributed by atoms with E-state index in [1.165, 1.54) is 30.1 Å². The summed E-state index contributed by atoms with van der Waals surface area (Å²) in [6.07, 6.45) is 2.91. The van der Waals surface area contributed by atoms with Gasteiger partial charge in [0, 0.05) is 0 Å². The maximum atomic E-state index is 11.5. The van der Waals surface area contributed by atoms with Gasteiger partial charge in [-0.1, -0.05) is 6.58 Å². The smallest absolute Gasteiger partial charge is 0.355 e. The van der Waals surface area contributed by atoms with Gasteiger partial charge in [-0.05, 0) is 6.07 Å². The lowest BCUT2D eigenvalue weighted by Crippen LogP contribution is -2.09. The molecule has 0 radical (unpaired) electrons. The lowest BCUT2D eigenvalue weighted by atomic mass is 10.3. The number of aromatic nitrogens is 3. The summed E-state index contributed by atoms with van der Waals surface area (Å²) in [5.74, 6) is -0.748. The Morgan fingerprint density at radius 1 is 1.62 bits per heavy atom. The summed E-state index contributed by atoms with van der Waals surface area (Å²) in [6.45, 7) is 3.35. The average Bonchev–Trinajstić information content (AvgIpc) is 2.74. The second-order valence-electron chi connectivity index (χ2n) is 3.09. The minimum atomic E-state index is -0.534. The molecule has 82 valence electrons. The third-order valence-corrected chi connectivity index (χ3v) is 2.08. The van der Waals surface area contributed by atoms with E-state index < -0.39 is 5.97 Å². The molecule has 6 nitrogen and oxygen atoms in total. The van der Waals surface area contributed by atoms with Crippen molar-refractivity contribution in [1.82, 2.24) is 14.4 Å². The van der Waals surface area contributed by atoms with Gasteiger partial charge in [-0.15, -0.1) is 0 Å². The molecule has 0 aliphatic carbocycles. The Morgan fingerprint density at radius 3 is 3.00 bits per heavy atom. The number of fused-ring (bicyclic) bond motifs is 1. The van der Waals surface area contributed by atoms with E-state index in [-0.39, 0.29) is 17.1 Å². The van der Waals surface area contributed by atoms with Gasteiger partial charge in [0.25, 0.3) is 0 Å². The first-order valence-electron chi connectivity index (χ1n) is 4.43. The molecule has 0 unspecified atom stereocenters. The van der Waals surface area contributed by atoms with Gasteiger partial charge >= 0.3 is 5.97 Å². The summed E-state index contributed by atoms with van der Waals surface area (Å²) in [6, 6.07) is 1.39. The number of methoxy groups -OCH3 is 1. The number of aliphatic hydroxyl groups is 1. The molecule has 1 N–H and O–H groups in total. The molecule has 0 bridgehead atoms. The van der Waals surface area contributed by atoms with Crippen LogP contribution in [-0.2, 0) is 4.74 Å². The van der Waals surface area contributed by atoms with Crippen molar-refractivity contribution in [1.29, 1.82) is 0 Å². The highest BCUT2D eigenvalue weighted by Gasteiger charge is 2.14. The first kappa shape index (κ1) is 10.2. The normalized spacial score (nSPS) is 10.3. The molecular formula is C10H9N3O3. The van der Waals surface area contributed by atoms with Crippen LogP contribution in [0.1, 0.15) is 16.2 Å². The molecular weight excluding hydrogens is 210 g/mol. The number of carbonyl (C=O) groups excluding carboxylic acids is 1. The molecule has 2 aromatic rings. The van der Waals surface area contributed by atoms with Crippen molar-refractivity contribution < 1.29 is 14.6 Å². The fourth-order valence-corrected chi connectivity index (χ4v) is 1.32. The van der Waals surface area contributed by atoms with E-state index in [1.54, 1.807) is 0 Å². The number of carbonyl (C=O) groups is 1. The van der Waals surface area contributed by atoms with Crippen molar-refractivity contribution in [3.05, 3.63) is 36.6 Å². The first-order chi connectivity index (χ1) is 7.63. The summed E-state index contributed by atoms with van der Waals surface area (Å²) >= 11 is 0. The fraction of sp³-hybridized carbons (Fsp3) is 0.100. The van der Waals surface area contributed by atoms with E-state index in [9.17, 15) is 9.90 Å². The van der Waals surface area contributed by atoms with Gasteiger partial charge in [0.2, 0.25) is 0 Å². The van der Waals surface area contributed by atoms with E-state index in [0.717, 1.165) is 0 Å². The second-order valence-corrected chi connectivity index (χ2v) is 3.09. The number of nitrogens with zero attached hydrogens (tertiary/aromatic N) is 3. The van der Waals surface area contributed by atoms with Gasteiger partial charge in [0.05, 0.1) is 13.3 Å². The SMILES string of the molecule is C=C(O)c1cc(C(=O)OC)n2cncc2n1. The zero-order chi connectivity index (χ0) is 11.7. The minimum absolute atomic E-state index is 0.214. The van der Waals surface area contributed by atoms with Crippen molar-refractivity contribution in [3.8, 4) is 0 Å². The van der Waals surface area contributed by atoms with Crippen molar-refractivity contribution in [2.24, 2.45) is 0 Å². The topological polar surface area (TPSA) is 76.7 Å². The lowest BCUT2D eigenvalue weighted by Gasteiger charge is -2.05. The maximum absolute atomic E-state index is 11.5. The zero-order valence-corrected chi connectivity index (χ0v) is 8.54. The van der Waals surface area contributed by atoms with Crippen molar-refractivity contribution in [3.63, 3.8) is 0 Å². The van der Waals surface area contributed by atoms with Crippen LogP contribution in [0.15, 0.2) is 25.2 Å². The summed E-state index contributed by atoms with van der Waals surface area (Å²) < 4.78 is 6.09. The van der Waals surface area contributed by atoms with Gasteiger partial charge < -0.3 is 9.84 Å². The highest BCUT2D eigenvalue weighted by atomic mass is 16.5.